The number of phenols is 2. The lowest BCUT2D eigenvalue weighted by molar-refractivity contribution is 0.0393. The number of carbonyl (C=O) groups is 2. The fraction of sp³-hybridized carbons (Fsp3) is 0. The van der Waals surface area contributed by atoms with Gasteiger partial charge in [-0.05, 0) is 127 Å². The summed E-state index contributed by atoms with van der Waals surface area (Å²) in [5, 5.41) is 20.5. The zero-order valence-corrected chi connectivity index (χ0v) is 24.8. The molecule has 0 amide bonds. The number of hydrogen-bond donors (Lipinski definition) is 2. The third-order valence-corrected chi connectivity index (χ3v) is 12.6. The summed E-state index contributed by atoms with van der Waals surface area (Å²) in [6.07, 6.45) is 0. The van der Waals surface area contributed by atoms with Crippen LogP contribution in [0.1, 0.15) is 20.7 Å². The maximum absolute atomic E-state index is 12.5. The topological polar surface area (TPSA) is 83.8 Å². The second kappa shape index (κ2) is 9.44. The number of ether oxygens (including phenoxy) is 1. The Morgan fingerprint density at radius 3 is 1.07 bits per heavy atom. The molecule has 2 rings (SSSR count). The number of esters is 2. The van der Waals surface area contributed by atoms with Gasteiger partial charge in [-0.25, -0.2) is 9.59 Å². The summed E-state index contributed by atoms with van der Waals surface area (Å²) in [6, 6.07) is 0. The fourth-order valence-electron chi connectivity index (χ4n) is 1.80. The van der Waals surface area contributed by atoms with Crippen LogP contribution in [0.5, 0.6) is 11.5 Å². The normalized spacial score (nSPS) is 10.8. The lowest BCUT2D eigenvalue weighted by atomic mass is 10.2. The van der Waals surface area contributed by atoms with Crippen LogP contribution in [0.3, 0.4) is 0 Å². The van der Waals surface area contributed by atoms with Crippen molar-refractivity contribution in [3.63, 3.8) is 0 Å². The Balaban J connectivity index is 2.52. The van der Waals surface area contributed by atoms with E-state index >= 15 is 0 Å². The minimum atomic E-state index is -1.13. The predicted molar refractivity (Wildman–Crippen MR) is 128 cm³/mol. The molecular formula is C14H2Br8O5. The molecule has 0 aliphatic heterocycles. The zero-order valence-electron chi connectivity index (χ0n) is 12.1. The summed E-state index contributed by atoms with van der Waals surface area (Å²) in [7, 11) is 0. The van der Waals surface area contributed by atoms with Crippen LogP contribution in [0, 0.1) is 0 Å². The van der Waals surface area contributed by atoms with Gasteiger partial charge < -0.3 is 14.9 Å². The van der Waals surface area contributed by atoms with Gasteiger partial charge in [-0.3, -0.25) is 0 Å². The molecule has 5 nitrogen and oxygen atoms in total. The first-order valence-electron chi connectivity index (χ1n) is 6.28. The lowest BCUT2D eigenvalue weighted by Crippen LogP contribution is -2.15. The Labute approximate surface area is 219 Å². The maximum atomic E-state index is 12.5. The molecule has 0 saturated carbocycles. The molecule has 0 radical (unpaired) electrons. The first kappa shape index (κ1) is 24.3. The van der Waals surface area contributed by atoms with Crippen molar-refractivity contribution in [2.75, 3.05) is 0 Å². The molecule has 2 N–H and O–H groups in total. The first-order valence-corrected chi connectivity index (χ1v) is 12.6. The summed E-state index contributed by atoms with van der Waals surface area (Å²) in [5.74, 6) is -3.12. The number of hydrogen-bond acceptors (Lipinski definition) is 5. The number of benzene rings is 2. The van der Waals surface area contributed by atoms with Gasteiger partial charge in [0.15, 0.2) is 0 Å². The van der Waals surface area contributed by atoms with Crippen LogP contribution in [0.15, 0.2) is 35.8 Å². The van der Waals surface area contributed by atoms with E-state index < -0.39 is 23.4 Å². The van der Waals surface area contributed by atoms with Gasteiger partial charge in [0.25, 0.3) is 0 Å². The smallest absolute Gasteiger partial charge is 0.351 e. The van der Waals surface area contributed by atoms with Crippen molar-refractivity contribution in [2.24, 2.45) is 0 Å². The highest BCUT2D eigenvalue weighted by molar-refractivity contribution is 9.15. The number of carbonyl (C=O) groups excluding carboxylic acids is 2. The van der Waals surface area contributed by atoms with Crippen molar-refractivity contribution in [3.8, 4) is 11.5 Å². The predicted octanol–water partition coefficient (Wildman–Crippen LogP) is 8.20. The van der Waals surface area contributed by atoms with Crippen LogP contribution in [0.2, 0.25) is 0 Å². The van der Waals surface area contributed by atoms with E-state index in [1.807, 2.05) is 0 Å². The third-order valence-electron chi connectivity index (χ3n) is 3.08. The van der Waals surface area contributed by atoms with Crippen molar-refractivity contribution >= 4 is 139 Å². The number of halogens is 8. The highest BCUT2D eigenvalue weighted by atomic mass is 79.9. The highest BCUT2D eigenvalue weighted by Crippen LogP contribution is 2.47. The molecule has 27 heavy (non-hydrogen) atoms. The first-order chi connectivity index (χ1) is 12.4. The Hall–Kier alpha value is 1.02. The molecule has 0 aliphatic rings. The Bertz CT molecular complexity index is 866. The van der Waals surface area contributed by atoms with Crippen LogP contribution in [-0.2, 0) is 4.74 Å². The van der Waals surface area contributed by atoms with E-state index in [-0.39, 0.29) is 29.0 Å². The van der Waals surface area contributed by atoms with Crippen LogP contribution >= 0.6 is 127 Å². The Kier molecular flexibility index (Phi) is 8.49. The molecule has 0 heterocycles. The summed E-state index contributed by atoms with van der Waals surface area (Å²) in [6.45, 7) is 0. The molecule has 144 valence electrons. The minimum Gasteiger partial charge on any atom is -0.506 e. The lowest BCUT2D eigenvalue weighted by Gasteiger charge is -2.14. The van der Waals surface area contributed by atoms with Crippen LogP contribution in [-0.4, -0.2) is 22.2 Å². The fourth-order valence-corrected chi connectivity index (χ4v) is 6.32. The molecule has 0 aliphatic carbocycles. The standard InChI is InChI=1S/C14H2Br8O5/c15-3-1(11(23)9(21)7(19)5(3)17)13(25)27-14(26)2-4(16)6(18)8(20)10(22)12(2)24/h23-24H. The van der Waals surface area contributed by atoms with E-state index in [9.17, 15) is 19.8 Å². The van der Waals surface area contributed by atoms with Gasteiger partial charge in [0, 0.05) is 8.95 Å². The second-order valence-corrected chi connectivity index (χ2v) is 11.0. The van der Waals surface area contributed by atoms with Gasteiger partial charge in [-0.1, -0.05) is 0 Å². The number of aromatic hydroxyl groups is 2. The van der Waals surface area contributed by atoms with Gasteiger partial charge in [0.05, 0.1) is 26.8 Å². The largest absolute Gasteiger partial charge is 0.506 e. The highest BCUT2D eigenvalue weighted by Gasteiger charge is 2.30. The van der Waals surface area contributed by atoms with E-state index in [0.717, 1.165) is 0 Å². The van der Waals surface area contributed by atoms with E-state index in [0.29, 0.717) is 17.9 Å². The van der Waals surface area contributed by atoms with Gasteiger partial charge >= 0.3 is 11.9 Å². The van der Waals surface area contributed by atoms with Gasteiger partial charge in [-0.15, -0.1) is 0 Å². The third kappa shape index (κ3) is 4.54. The Morgan fingerprint density at radius 2 is 0.778 bits per heavy atom. The van der Waals surface area contributed by atoms with Crippen molar-refractivity contribution in [1.29, 1.82) is 0 Å². The zero-order chi connectivity index (χ0) is 20.8. The van der Waals surface area contributed by atoms with Crippen LogP contribution < -0.4 is 0 Å². The quantitative estimate of drug-likeness (QED) is 0.138. The molecule has 0 bridgehead atoms. The van der Waals surface area contributed by atoms with Gasteiger partial charge in [0.1, 0.15) is 22.6 Å². The molecule has 0 aromatic heterocycles. The van der Waals surface area contributed by atoms with Crippen LogP contribution in [0.25, 0.3) is 0 Å². The minimum absolute atomic E-state index is 0.175. The van der Waals surface area contributed by atoms with E-state index in [1.165, 1.54) is 0 Å². The van der Waals surface area contributed by atoms with Crippen molar-refractivity contribution in [2.45, 2.75) is 0 Å². The summed E-state index contributed by atoms with van der Waals surface area (Å²) in [5.41, 5.74) is -0.563. The molecule has 2 aromatic rings. The molecule has 0 fully saturated rings. The summed E-state index contributed by atoms with van der Waals surface area (Å²) in [4.78, 5) is 25.1. The average Bonchev–Trinajstić information content (AvgIpc) is 2.61. The van der Waals surface area contributed by atoms with Crippen molar-refractivity contribution < 1.29 is 24.5 Å². The molecule has 2 aromatic carbocycles. The maximum Gasteiger partial charge on any atom is 0.351 e. The van der Waals surface area contributed by atoms with E-state index in [4.69, 9.17) is 4.74 Å². The molecule has 13 heteroatoms. The van der Waals surface area contributed by atoms with Crippen molar-refractivity contribution in [1.82, 2.24) is 0 Å². The molecular weight excluding hydrogens is 887 g/mol. The molecule has 0 spiro atoms. The molecule has 0 saturated heterocycles. The summed E-state index contributed by atoms with van der Waals surface area (Å²) >= 11 is 25.6. The average molecular weight is 889 g/mol. The van der Waals surface area contributed by atoms with Crippen LogP contribution in [0.4, 0.5) is 0 Å². The SMILES string of the molecule is O=C(OC(=O)c1c(O)c(Br)c(Br)c(Br)c1Br)c1c(O)c(Br)c(Br)c(Br)c1Br. The van der Waals surface area contributed by atoms with E-state index in [2.05, 4.69) is 127 Å². The van der Waals surface area contributed by atoms with Gasteiger partial charge in [-0.2, -0.15) is 0 Å². The van der Waals surface area contributed by atoms with Crippen molar-refractivity contribution in [3.05, 3.63) is 46.9 Å². The summed E-state index contributed by atoms with van der Waals surface area (Å²) < 4.78 is 7.36. The van der Waals surface area contributed by atoms with E-state index in [1.54, 1.807) is 0 Å². The Morgan fingerprint density at radius 1 is 0.519 bits per heavy atom. The molecule has 0 atom stereocenters. The number of rotatable bonds is 2. The molecule has 0 unspecified atom stereocenters. The monoisotopic (exact) mass is 881 g/mol. The second-order valence-electron chi connectivity index (χ2n) is 4.64. The number of phenolic OH excluding ortho intramolecular Hbond substituents is 2. The van der Waals surface area contributed by atoms with Gasteiger partial charge in [0.2, 0.25) is 0 Å².